The SMILES string of the molecule is CCN(C(C)=O)c1nc(COC(=O)CCCNc2nc(-c3ccc(C)s3)cs2)cs1. The maximum absolute atomic E-state index is 12.0. The number of amides is 1. The molecule has 0 fully saturated rings. The molecule has 0 aromatic carbocycles. The summed E-state index contributed by atoms with van der Waals surface area (Å²) >= 11 is 4.66. The van der Waals surface area contributed by atoms with Crippen LogP contribution in [0.1, 0.15) is 37.3 Å². The number of hydrogen-bond acceptors (Lipinski definition) is 9. The number of rotatable bonds is 10. The molecule has 30 heavy (non-hydrogen) atoms. The zero-order chi connectivity index (χ0) is 21.5. The van der Waals surface area contributed by atoms with E-state index >= 15 is 0 Å². The first kappa shape index (κ1) is 22.4. The summed E-state index contributed by atoms with van der Waals surface area (Å²) in [6, 6.07) is 4.17. The van der Waals surface area contributed by atoms with E-state index in [-0.39, 0.29) is 18.5 Å². The van der Waals surface area contributed by atoms with E-state index in [1.54, 1.807) is 27.6 Å². The van der Waals surface area contributed by atoms with Gasteiger partial charge in [-0.15, -0.1) is 34.0 Å². The third-order valence-electron chi connectivity index (χ3n) is 4.18. The number of nitrogens with one attached hydrogen (secondary N) is 1. The number of aromatic nitrogens is 2. The van der Waals surface area contributed by atoms with Gasteiger partial charge in [-0.3, -0.25) is 14.5 Å². The van der Waals surface area contributed by atoms with Gasteiger partial charge in [-0.25, -0.2) is 9.97 Å². The van der Waals surface area contributed by atoms with Crippen LogP contribution in [0.3, 0.4) is 0 Å². The van der Waals surface area contributed by atoms with Crippen molar-refractivity contribution in [3.8, 4) is 10.6 Å². The average molecular weight is 465 g/mol. The molecule has 10 heteroatoms. The van der Waals surface area contributed by atoms with E-state index in [0.717, 1.165) is 15.7 Å². The molecule has 0 saturated heterocycles. The molecule has 3 aromatic heterocycles. The fourth-order valence-corrected chi connectivity index (χ4v) is 5.23. The standard InChI is InChI=1S/C20H24N4O3S3/c1-4-24(14(3)25)20-22-15(11-29-20)10-27-18(26)6-5-9-21-19-23-16(12-28-19)17-8-7-13(2)30-17/h7-8,11-12H,4-6,9-10H2,1-3H3,(H,21,23). The first-order chi connectivity index (χ1) is 14.5. The molecule has 3 aromatic rings. The van der Waals surface area contributed by atoms with Crippen LogP contribution >= 0.6 is 34.0 Å². The van der Waals surface area contributed by atoms with Crippen LogP contribution in [0, 0.1) is 6.92 Å². The van der Waals surface area contributed by atoms with Gasteiger partial charge in [0.15, 0.2) is 10.3 Å². The molecule has 0 radical (unpaired) electrons. The molecule has 1 N–H and O–H groups in total. The zero-order valence-corrected chi connectivity index (χ0v) is 19.6. The Morgan fingerprint density at radius 2 is 2.03 bits per heavy atom. The third-order valence-corrected chi connectivity index (χ3v) is 6.91. The molecule has 0 aliphatic carbocycles. The van der Waals surface area contributed by atoms with Gasteiger partial charge < -0.3 is 10.1 Å². The van der Waals surface area contributed by atoms with E-state index in [1.807, 2.05) is 17.7 Å². The van der Waals surface area contributed by atoms with Gasteiger partial charge in [0.25, 0.3) is 0 Å². The van der Waals surface area contributed by atoms with E-state index in [2.05, 4.69) is 34.3 Å². The highest BCUT2D eigenvalue weighted by Gasteiger charge is 2.14. The van der Waals surface area contributed by atoms with Crippen LogP contribution in [-0.2, 0) is 20.9 Å². The number of carbonyl (C=O) groups is 2. The van der Waals surface area contributed by atoms with Crippen LogP contribution in [0.4, 0.5) is 10.3 Å². The lowest BCUT2D eigenvalue weighted by Gasteiger charge is -2.14. The second-order valence-corrected chi connectivity index (χ2v) is 9.51. The highest BCUT2D eigenvalue weighted by molar-refractivity contribution is 7.17. The molecule has 7 nitrogen and oxygen atoms in total. The van der Waals surface area contributed by atoms with Crippen molar-refractivity contribution >= 4 is 56.1 Å². The van der Waals surface area contributed by atoms with Gasteiger partial charge >= 0.3 is 5.97 Å². The van der Waals surface area contributed by atoms with E-state index in [1.165, 1.54) is 23.1 Å². The summed E-state index contributed by atoms with van der Waals surface area (Å²) in [7, 11) is 0. The minimum atomic E-state index is -0.265. The quantitative estimate of drug-likeness (QED) is 0.338. The summed E-state index contributed by atoms with van der Waals surface area (Å²) in [4.78, 5) is 36.5. The molecule has 0 aliphatic heterocycles. The molecule has 0 aliphatic rings. The third kappa shape index (κ3) is 6.10. The van der Waals surface area contributed by atoms with Gasteiger partial charge in [0, 0.05) is 42.1 Å². The van der Waals surface area contributed by atoms with Crippen LogP contribution in [0.2, 0.25) is 0 Å². The van der Waals surface area contributed by atoms with Gasteiger partial charge in [-0.05, 0) is 32.4 Å². The lowest BCUT2D eigenvalue weighted by molar-refractivity contribution is -0.145. The smallest absolute Gasteiger partial charge is 0.306 e. The van der Waals surface area contributed by atoms with Crippen molar-refractivity contribution in [1.82, 2.24) is 9.97 Å². The highest BCUT2D eigenvalue weighted by atomic mass is 32.1. The molecule has 3 rings (SSSR count). The fourth-order valence-electron chi connectivity index (χ4n) is 2.67. The van der Waals surface area contributed by atoms with Crippen molar-refractivity contribution in [2.75, 3.05) is 23.3 Å². The molecule has 0 spiro atoms. The molecule has 0 bridgehead atoms. The first-order valence-electron chi connectivity index (χ1n) is 9.60. The number of esters is 1. The van der Waals surface area contributed by atoms with Crippen molar-refractivity contribution in [3.05, 3.63) is 33.5 Å². The lowest BCUT2D eigenvalue weighted by Crippen LogP contribution is -2.27. The van der Waals surface area contributed by atoms with Gasteiger partial charge in [0.2, 0.25) is 5.91 Å². The number of nitrogens with zero attached hydrogens (tertiary/aromatic N) is 3. The topological polar surface area (TPSA) is 84.4 Å². The van der Waals surface area contributed by atoms with Crippen LogP contribution in [-0.4, -0.2) is 34.9 Å². The number of thiazole rings is 2. The summed E-state index contributed by atoms with van der Waals surface area (Å²) in [6.45, 7) is 6.81. The van der Waals surface area contributed by atoms with Gasteiger partial charge in [-0.1, -0.05) is 0 Å². The maximum Gasteiger partial charge on any atom is 0.306 e. The Kier molecular flexibility index (Phi) is 7.94. The molecule has 160 valence electrons. The largest absolute Gasteiger partial charge is 0.459 e. The average Bonchev–Trinajstić information content (AvgIpc) is 3.45. The summed E-state index contributed by atoms with van der Waals surface area (Å²) in [5.41, 5.74) is 1.63. The number of carbonyl (C=O) groups excluding carboxylic acids is 2. The predicted molar refractivity (Wildman–Crippen MR) is 123 cm³/mol. The van der Waals surface area contributed by atoms with Gasteiger partial charge in [0.05, 0.1) is 16.3 Å². The molecular formula is C20H24N4O3S3. The number of hydrogen-bond donors (Lipinski definition) is 1. The van der Waals surface area contributed by atoms with Crippen LogP contribution in [0.15, 0.2) is 22.9 Å². The number of aryl methyl sites for hydroxylation is 1. The van der Waals surface area contributed by atoms with Crippen molar-refractivity contribution in [3.63, 3.8) is 0 Å². The Balaban J connectivity index is 1.36. The first-order valence-corrected chi connectivity index (χ1v) is 12.2. The van der Waals surface area contributed by atoms with E-state index in [0.29, 0.717) is 36.8 Å². The van der Waals surface area contributed by atoms with Crippen molar-refractivity contribution in [2.45, 2.75) is 40.2 Å². The normalized spacial score (nSPS) is 10.8. The van der Waals surface area contributed by atoms with E-state index < -0.39 is 0 Å². The van der Waals surface area contributed by atoms with E-state index in [9.17, 15) is 9.59 Å². The molecule has 0 atom stereocenters. The Morgan fingerprint density at radius 3 is 2.73 bits per heavy atom. The van der Waals surface area contributed by atoms with Crippen LogP contribution in [0.5, 0.6) is 0 Å². The maximum atomic E-state index is 12.0. The van der Waals surface area contributed by atoms with E-state index in [4.69, 9.17) is 4.74 Å². The second kappa shape index (κ2) is 10.6. The van der Waals surface area contributed by atoms with Crippen molar-refractivity contribution in [2.24, 2.45) is 0 Å². The van der Waals surface area contributed by atoms with Crippen LogP contribution in [0.25, 0.3) is 10.6 Å². The predicted octanol–water partition coefficient (Wildman–Crippen LogP) is 4.94. The Bertz CT molecular complexity index is 995. The van der Waals surface area contributed by atoms with Crippen molar-refractivity contribution < 1.29 is 14.3 Å². The van der Waals surface area contributed by atoms with Crippen molar-refractivity contribution in [1.29, 1.82) is 0 Å². The molecular weight excluding hydrogens is 440 g/mol. The van der Waals surface area contributed by atoms with Gasteiger partial charge in [-0.2, -0.15) is 0 Å². The lowest BCUT2D eigenvalue weighted by atomic mass is 10.3. The van der Waals surface area contributed by atoms with Crippen LogP contribution < -0.4 is 10.2 Å². The number of thiophene rings is 1. The molecule has 3 heterocycles. The minimum Gasteiger partial charge on any atom is -0.459 e. The second-order valence-electron chi connectivity index (χ2n) is 6.52. The minimum absolute atomic E-state index is 0.0549. The Labute approximate surface area is 187 Å². The monoisotopic (exact) mass is 464 g/mol. The highest BCUT2D eigenvalue weighted by Crippen LogP contribution is 2.30. The Morgan fingerprint density at radius 1 is 1.20 bits per heavy atom. The Hall–Kier alpha value is -2.30. The zero-order valence-electron chi connectivity index (χ0n) is 17.1. The number of anilines is 2. The summed E-state index contributed by atoms with van der Waals surface area (Å²) < 4.78 is 5.29. The molecule has 0 unspecified atom stereocenters. The molecule has 1 amide bonds. The summed E-state index contributed by atoms with van der Waals surface area (Å²) in [5, 5.41) is 8.59. The summed E-state index contributed by atoms with van der Waals surface area (Å²) in [5.74, 6) is -0.320. The fraction of sp³-hybridized carbons (Fsp3) is 0.400. The molecule has 0 saturated carbocycles. The summed E-state index contributed by atoms with van der Waals surface area (Å²) in [6.07, 6.45) is 0.975. The van der Waals surface area contributed by atoms with Gasteiger partial charge in [0.1, 0.15) is 6.61 Å². The number of ether oxygens (including phenoxy) is 1.